The molecule has 1 spiro atoms. The number of H-pyrrole nitrogens is 1. The lowest BCUT2D eigenvalue weighted by Gasteiger charge is -2.24. The maximum atomic E-state index is 15.4. The molecule has 2 aliphatic rings. The van der Waals surface area contributed by atoms with Crippen LogP contribution in [0.3, 0.4) is 0 Å². The minimum absolute atomic E-state index is 0.0454. The van der Waals surface area contributed by atoms with Crippen molar-refractivity contribution in [1.29, 1.82) is 0 Å². The molecule has 0 aromatic carbocycles. The van der Waals surface area contributed by atoms with Crippen molar-refractivity contribution < 1.29 is 17.6 Å². The van der Waals surface area contributed by atoms with Crippen LogP contribution in [-0.2, 0) is 13.0 Å². The zero-order valence-corrected chi connectivity index (χ0v) is 16.4. The summed E-state index contributed by atoms with van der Waals surface area (Å²) in [7, 11) is 0. The lowest BCUT2D eigenvalue weighted by atomic mass is 9.90. The van der Waals surface area contributed by atoms with Crippen LogP contribution in [0.5, 0.6) is 0 Å². The number of hydrogen-bond donors (Lipinski definition) is 1. The fourth-order valence-electron chi connectivity index (χ4n) is 4.69. The molecule has 0 saturated heterocycles. The Morgan fingerprint density at radius 1 is 1.13 bits per heavy atom. The van der Waals surface area contributed by atoms with E-state index in [2.05, 4.69) is 25.3 Å². The van der Waals surface area contributed by atoms with Crippen molar-refractivity contribution in [2.45, 2.75) is 38.7 Å². The van der Waals surface area contributed by atoms with Crippen LogP contribution in [0.4, 0.5) is 17.6 Å². The van der Waals surface area contributed by atoms with Gasteiger partial charge < -0.3 is 0 Å². The Morgan fingerprint density at radius 2 is 1.94 bits per heavy atom. The normalized spacial score (nSPS) is 21.6. The van der Waals surface area contributed by atoms with Crippen LogP contribution >= 0.6 is 0 Å². The van der Waals surface area contributed by atoms with E-state index in [0.717, 1.165) is 6.20 Å². The maximum Gasteiger partial charge on any atom is 0.256 e. The predicted octanol–water partition coefficient (Wildman–Crippen LogP) is 4.44. The summed E-state index contributed by atoms with van der Waals surface area (Å²) >= 11 is 0. The lowest BCUT2D eigenvalue weighted by molar-refractivity contribution is 0.0462. The lowest BCUT2D eigenvalue weighted by Crippen LogP contribution is -2.27. The van der Waals surface area contributed by atoms with E-state index >= 15 is 4.39 Å². The van der Waals surface area contributed by atoms with E-state index in [9.17, 15) is 13.2 Å². The van der Waals surface area contributed by atoms with Crippen LogP contribution in [0.25, 0.3) is 33.5 Å². The smallest absolute Gasteiger partial charge is 0.256 e. The zero-order chi connectivity index (χ0) is 21.5. The number of nitrogens with one attached hydrogen (secondary N) is 1. The van der Waals surface area contributed by atoms with Gasteiger partial charge in [0.2, 0.25) is 0 Å². The number of fused-ring (bicyclic) bond motifs is 2. The summed E-state index contributed by atoms with van der Waals surface area (Å²) in [6.45, 7) is 1.59. The number of aromatic amines is 1. The van der Waals surface area contributed by atoms with Crippen LogP contribution in [0, 0.1) is 24.0 Å². The fraction of sp³-hybridized carbons (Fsp3) is 0.333. The highest BCUT2D eigenvalue weighted by molar-refractivity contribution is 5.97. The molecule has 1 N–H and O–H groups in total. The van der Waals surface area contributed by atoms with E-state index in [1.807, 2.05) is 0 Å². The highest BCUT2D eigenvalue weighted by atomic mass is 19.3. The molecule has 158 valence electrons. The number of alkyl halides is 2. The van der Waals surface area contributed by atoms with Gasteiger partial charge in [-0.3, -0.25) is 14.8 Å². The molecule has 1 aliphatic heterocycles. The summed E-state index contributed by atoms with van der Waals surface area (Å²) in [5.74, 6) is -3.78. The molecule has 1 fully saturated rings. The number of rotatable bonds is 2. The second kappa shape index (κ2) is 5.89. The molecule has 1 aliphatic carbocycles. The molecule has 5 heterocycles. The second-order valence-corrected chi connectivity index (χ2v) is 8.37. The molecule has 4 aromatic heterocycles. The van der Waals surface area contributed by atoms with Crippen molar-refractivity contribution in [2.24, 2.45) is 5.41 Å². The minimum atomic E-state index is -2.72. The molecule has 0 bridgehead atoms. The van der Waals surface area contributed by atoms with E-state index in [1.54, 1.807) is 11.6 Å². The Bertz CT molecular complexity index is 1360. The van der Waals surface area contributed by atoms with Gasteiger partial charge in [-0.15, -0.1) is 0 Å². The van der Waals surface area contributed by atoms with Crippen molar-refractivity contribution >= 4 is 11.0 Å². The molecule has 0 radical (unpaired) electrons. The summed E-state index contributed by atoms with van der Waals surface area (Å²) < 4.78 is 58.6. The number of halogens is 4. The number of hydrogen-bond acceptors (Lipinski definition) is 4. The van der Waals surface area contributed by atoms with E-state index in [-0.39, 0.29) is 30.6 Å². The van der Waals surface area contributed by atoms with Gasteiger partial charge >= 0.3 is 0 Å². The quantitative estimate of drug-likeness (QED) is 0.479. The van der Waals surface area contributed by atoms with E-state index < -0.39 is 23.0 Å². The van der Waals surface area contributed by atoms with Gasteiger partial charge in [-0.05, 0) is 31.9 Å². The van der Waals surface area contributed by atoms with Crippen LogP contribution in [0.15, 0.2) is 24.5 Å². The summed E-state index contributed by atoms with van der Waals surface area (Å²) in [5.41, 5.74) is 1.50. The molecular formula is C21H16F4N6. The Morgan fingerprint density at radius 3 is 2.65 bits per heavy atom. The van der Waals surface area contributed by atoms with Crippen LogP contribution < -0.4 is 0 Å². The highest BCUT2D eigenvalue weighted by Crippen LogP contribution is 2.65. The van der Waals surface area contributed by atoms with Crippen LogP contribution in [0.2, 0.25) is 0 Å². The van der Waals surface area contributed by atoms with Gasteiger partial charge in [0.05, 0.1) is 35.7 Å². The van der Waals surface area contributed by atoms with Gasteiger partial charge in [0.1, 0.15) is 11.5 Å². The average Bonchev–Trinajstić information content (AvgIpc) is 3.09. The molecular weight excluding hydrogens is 412 g/mol. The number of pyridine rings is 2. The third-order valence-electron chi connectivity index (χ3n) is 6.49. The second-order valence-electron chi connectivity index (χ2n) is 8.37. The van der Waals surface area contributed by atoms with Gasteiger partial charge in [0.15, 0.2) is 11.5 Å². The predicted molar refractivity (Wildman–Crippen MR) is 103 cm³/mol. The molecule has 31 heavy (non-hydrogen) atoms. The van der Waals surface area contributed by atoms with Gasteiger partial charge in [0, 0.05) is 28.6 Å². The maximum absolute atomic E-state index is 15.4. The molecule has 10 heteroatoms. The van der Waals surface area contributed by atoms with Crippen molar-refractivity contribution in [3.8, 4) is 22.5 Å². The monoisotopic (exact) mass is 428 g/mol. The molecule has 1 saturated carbocycles. The molecule has 0 unspecified atom stereocenters. The number of nitrogens with zero attached hydrogens (tertiary/aromatic N) is 5. The molecule has 4 aromatic rings. The summed E-state index contributed by atoms with van der Waals surface area (Å²) in [6.07, 6.45) is 2.96. The van der Waals surface area contributed by atoms with Gasteiger partial charge in [-0.25, -0.2) is 22.5 Å². The number of aryl methyl sites for hydroxylation is 1. The molecule has 1 atom stereocenters. The van der Waals surface area contributed by atoms with Crippen molar-refractivity contribution in [1.82, 2.24) is 29.9 Å². The summed E-state index contributed by atoms with van der Waals surface area (Å²) in [4.78, 5) is 8.32. The standard InChI is InChI=1S/C21H16F4N6/c1-10-17(23)15(12-7-27-29-19(12)28-10)16-14-4-5-20(8-21(20,24)25)9-31(14)30-18(16)13-3-2-11(22)6-26-13/h2-3,6-7H,4-5,8-9H2,1H3,(H,27,28,29)/t20-/m0/s1. The van der Waals surface area contributed by atoms with Crippen LogP contribution in [0.1, 0.15) is 24.2 Å². The zero-order valence-electron chi connectivity index (χ0n) is 16.4. The van der Waals surface area contributed by atoms with E-state index in [0.29, 0.717) is 40.1 Å². The molecule has 6 rings (SSSR count). The Hall–Kier alpha value is -3.30. The minimum Gasteiger partial charge on any atom is -0.267 e. The average molecular weight is 428 g/mol. The fourth-order valence-corrected chi connectivity index (χ4v) is 4.69. The Labute approximate surface area is 173 Å². The van der Waals surface area contributed by atoms with Gasteiger partial charge in [-0.2, -0.15) is 10.2 Å². The van der Waals surface area contributed by atoms with Crippen molar-refractivity contribution in [3.05, 3.63) is 47.5 Å². The van der Waals surface area contributed by atoms with Gasteiger partial charge in [0.25, 0.3) is 5.92 Å². The molecule has 0 amide bonds. The topological polar surface area (TPSA) is 72.3 Å². The largest absolute Gasteiger partial charge is 0.267 e. The first-order valence-electron chi connectivity index (χ1n) is 9.89. The third-order valence-corrected chi connectivity index (χ3v) is 6.49. The first kappa shape index (κ1) is 18.5. The van der Waals surface area contributed by atoms with Crippen molar-refractivity contribution in [3.63, 3.8) is 0 Å². The third kappa shape index (κ3) is 2.50. The first-order valence-corrected chi connectivity index (χ1v) is 9.89. The summed E-state index contributed by atoms with van der Waals surface area (Å²) in [5, 5.41) is 11.8. The first-order chi connectivity index (χ1) is 14.8. The highest BCUT2D eigenvalue weighted by Gasteiger charge is 2.71. The van der Waals surface area contributed by atoms with Crippen LogP contribution in [-0.4, -0.2) is 35.9 Å². The Balaban J connectivity index is 1.64. The van der Waals surface area contributed by atoms with Gasteiger partial charge in [-0.1, -0.05) is 0 Å². The Kier molecular flexibility index (Phi) is 3.51. The summed E-state index contributed by atoms with van der Waals surface area (Å²) in [6, 6.07) is 2.69. The number of aromatic nitrogens is 6. The van der Waals surface area contributed by atoms with E-state index in [4.69, 9.17) is 0 Å². The molecule has 6 nitrogen and oxygen atoms in total. The van der Waals surface area contributed by atoms with E-state index in [1.165, 1.54) is 18.3 Å². The SMILES string of the molecule is Cc1nc2[nH]ncc2c(-c2c(-c3ccc(F)cn3)nn3c2CC[C@@]2(C3)CC2(F)F)c1F. The van der Waals surface area contributed by atoms with Crippen molar-refractivity contribution in [2.75, 3.05) is 0 Å².